The molecule has 0 saturated heterocycles. The zero-order chi connectivity index (χ0) is 24.5. The van der Waals surface area contributed by atoms with Crippen molar-refractivity contribution in [3.63, 3.8) is 0 Å². The Balaban J connectivity index is 1.79. The van der Waals surface area contributed by atoms with E-state index in [9.17, 15) is 4.79 Å². The van der Waals surface area contributed by atoms with Gasteiger partial charge in [0.15, 0.2) is 11.5 Å². The molecular formula is C28H30ClNO4. The molecule has 6 heteroatoms. The van der Waals surface area contributed by atoms with Crippen LogP contribution in [0.2, 0.25) is 5.02 Å². The smallest absolute Gasteiger partial charge is 0.303 e. The van der Waals surface area contributed by atoms with Crippen molar-refractivity contribution in [2.75, 3.05) is 12.4 Å². The van der Waals surface area contributed by atoms with Crippen LogP contribution in [-0.2, 0) is 16.1 Å². The van der Waals surface area contributed by atoms with Gasteiger partial charge >= 0.3 is 5.97 Å². The number of rotatable bonds is 6. The highest BCUT2D eigenvalue weighted by Crippen LogP contribution is 2.55. The van der Waals surface area contributed by atoms with E-state index in [1.165, 1.54) is 6.92 Å². The number of halogens is 1. The van der Waals surface area contributed by atoms with Crippen LogP contribution in [-0.4, -0.2) is 13.1 Å². The number of fused-ring (bicyclic) bond motifs is 1. The zero-order valence-corrected chi connectivity index (χ0v) is 20.9. The molecule has 2 atom stereocenters. The number of hydrogen-bond donors (Lipinski definition) is 1. The lowest BCUT2D eigenvalue weighted by Gasteiger charge is -2.46. The third-order valence-corrected chi connectivity index (χ3v) is 6.73. The van der Waals surface area contributed by atoms with E-state index in [1.54, 1.807) is 7.11 Å². The molecule has 3 aromatic rings. The lowest BCUT2D eigenvalue weighted by Crippen LogP contribution is -2.40. The first-order valence-electron chi connectivity index (χ1n) is 11.3. The number of para-hydroxylation sites is 1. The van der Waals surface area contributed by atoms with Crippen LogP contribution < -0.4 is 14.8 Å². The lowest BCUT2D eigenvalue weighted by atomic mass is 9.70. The van der Waals surface area contributed by atoms with Gasteiger partial charge in [-0.25, -0.2) is 0 Å². The number of carbonyl (C=O) groups excluding carboxylic acids is 1. The number of methoxy groups -OCH3 is 1. The molecular weight excluding hydrogens is 450 g/mol. The Morgan fingerprint density at radius 2 is 1.82 bits per heavy atom. The minimum atomic E-state index is -0.499. The van der Waals surface area contributed by atoms with Gasteiger partial charge in [-0.05, 0) is 25.1 Å². The molecule has 1 heterocycles. The third kappa shape index (κ3) is 4.58. The van der Waals surface area contributed by atoms with Crippen LogP contribution in [0.15, 0.2) is 60.7 Å². The van der Waals surface area contributed by atoms with E-state index in [-0.39, 0.29) is 12.0 Å². The predicted molar refractivity (Wildman–Crippen MR) is 135 cm³/mol. The normalized spacial score (nSPS) is 18.4. The Bertz CT molecular complexity index is 1210. The van der Waals surface area contributed by atoms with Crippen LogP contribution in [0.25, 0.3) is 0 Å². The molecule has 5 nitrogen and oxygen atoms in total. The van der Waals surface area contributed by atoms with Gasteiger partial charge in [0.1, 0.15) is 12.7 Å². The number of aryl methyl sites for hydroxylation is 1. The SMILES string of the molecule is COc1cccc([C@@H]2Nc3ccc(C)cc3[C@H](OC(C)=O)C2(C)C)c1OCc1ccccc1Cl. The van der Waals surface area contributed by atoms with Crippen molar-refractivity contribution in [1.29, 1.82) is 0 Å². The molecule has 0 aromatic heterocycles. The molecule has 1 aliphatic rings. The maximum atomic E-state index is 12.1. The van der Waals surface area contributed by atoms with Gasteiger partial charge < -0.3 is 19.5 Å². The second-order valence-electron chi connectivity index (χ2n) is 9.24. The number of anilines is 1. The first kappa shape index (κ1) is 24.0. The molecule has 3 aromatic carbocycles. The van der Waals surface area contributed by atoms with Crippen LogP contribution >= 0.6 is 11.6 Å². The van der Waals surface area contributed by atoms with Crippen molar-refractivity contribution < 1.29 is 19.0 Å². The van der Waals surface area contributed by atoms with Crippen LogP contribution in [0.5, 0.6) is 11.5 Å². The summed E-state index contributed by atoms with van der Waals surface area (Å²) in [6, 6.07) is 19.4. The Labute approximate surface area is 206 Å². The standard InChI is InChI=1S/C28H30ClNO4/c1-17-13-14-23-21(15-17)27(34-18(2)31)28(3,4)26(30-23)20-10-8-12-24(32-5)25(20)33-16-19-9-6-7-11-22(19)29/h6-15,26-27,30H,16H2,1-5H3/t26-,27-/m0/s1. The lowest BCUT2D eigenvalue weighted by molar-refractivity contribution is -0.154. The average molecular weight is 480 g/mol. The summed E-state index contributed by atoms with van der Waals surface area (Å²) >= 11 is 6.36. The fourth-order valence-corrected chi connectivity index (χ4v) is 4.82. The van der Waals surface area contributed by atoms with E-state index in [0.29, 0.717) is 23.1 Å². The van der Waals surface area contributed by atoms with Crippen molar-refractivity contribution in [3.8, 4) is 11.5 Å². The first-order valence-corrected chi connectivity index (χ1v) is 11.7. The average Bonchev–Trinajstić information content (AvgIpc) is 2.80. The maximum absolute atomic E-state index is 12.1. The number of hydrogen-bond acceptors (Lipinski definition) is 5. The highest BCUT2D eigenvalue weighted by atomic mass is 35.5. The molecule has 0 saturated carbocycles. The van der Waals surface area contributed by atoms with Gasteiger partial charge in [-0.3, -0.25) is 4.79 Å². The van der Waals surface area contributed by atoms with Gasteiger partial charge in [-0.1, -0.05) is 73.5 Å². The molecule has 34 heavy (non-hydrogen) atoms. The number of nitrogens with one attached hydrogen (secondary N) is 1. The predicted octanol–water partition coefficient (Wildman–Crippen LogP) is 7.03. The summed E-state index contributed by atoms with van der Waals surface area (Å²) in [5, 5.41) is 4.33. The monoisotopic (exact) mass is 479 g/mol. The molecule has 1 aliphatic heterocycles. The summed E-state index contributed by atoms with van der Waals surface area (Å²) < 4.78 is 17.9. The summed E-state index contributed by atoms with van der Waals surface area (Å²) in [6.07, 6.45) is -0.436. The summed E-state index contributed by atoms with van der Waals surface area (Å²) in [5.74, 6) is 0.945. The van der Waals surface area contributed by atoms with Gasteiger partial charge in [0.25, 0.3) is 0 Å². The summed E-state index contributed by atoms with van der Waals surface area (Å²) in [6.45, 7) is 7.98. The van der Waals surface area contributed by atoms with Crippen molar-refractivity contribution in [3.05, 3.63) is 87.9 Å². The topological polar surface area (TPSA) is 56.8 Å². The molecule has 0 spiro atoms. The van der Waals surface area contributed by atoms with Crippen molar-refractivity contribution in [1.82, 2.24) is 0 Å². The number of ether oxygens (including phenoxy) is 3. The molecule has 178 valence electrons. The molecule has 0 unspecified atom stereocenters. The highest BCUT2D eigenvalue weighted by Gasteiger charge is 2.47. The summed E-state index contributed by atoms with van der Waals surface area (Å²) in [7, 11) is 1.63. The van der Waals surface area contributed by atoms with Crippen LogP contribution in [0.1, 0.15) is 55.2 Å². The first-order chi connectivity index (χ1) is 16.2. The van der Waals surface area contributed by atoms with Crippen LogP contribution in [0.3, 0.4) is 0 Å². The summed E-state index contributed by atoms with van der Waals surface area (Å²) in [5.41, 5.74) is 4.31. The van der Waals surface area contributed by atoms with E-state index < -0.39 is 11.5 Å². The van der Waals surface area contributed by atoms with Crippen molar-refractivity contribution in [2.24, 2.45) is 5.41 Å². The van der Waals surface area contributed by atoms with Crippen molar-refractivity contribution >= 4 is 23.3 Å². The second kappa shape index (κ2) is 9.59. The number of esters is 1. The Morgan fingerprint density at radius 3 is 2.53 bits per heavy atom. The molecule has 0 bridgehead atoms. The van der Waals surface area contributed by atoms with Crippen molar-refractivity contribution in [2.45, 2.75) is 46.4 Å². The fraction of sp³-hybridized carbons (Fsp3) is 0.321. The van der Waals surface area contributed by atoms with Crippen LogP contribution in [0, 0.1) is 12.3 Å². The van der Waals surface area contributed by atoms with E-state index >= 15 is 0 Å². The van der Waals surface area contributed by atoms with E-state index in [1.807, 2.05) is 61.5 Å². The minimum Gasteiger partial charge on any atom is -0.493 e. The number of carbonyl (C=O) groups is 1. The summed E-state index contributed by atoms with van der Waals surface area (Å²) in [4.78, 5) is 12.1. The maximum Gasteiger partial charge on any atom is 0.303 e. The fourth-order valence-electron chi connectivity index (χ4n) is 4.62. The quantitative estimate of drug-likeness (QED) is 0.384. The molecule has 0 fully saturated rings. The Hall–Kier alpha value is -3.18. The highest BCUT2D eigenvalue weighted by molar-refractivity contribution is 6.31. The molecule has 1 N–H and O–H groups in total. The largest absolute Gasteiger partial charge is 0.493 e. The van der Waals surface area contributed by atoms with Gasteiger partial charge in [0.05, 0.1) is 13.2 Å². The van der Waals surface area contributed by atoms with Gasteiger partial charge in [0, 0.05) is 39.7 Å². The van der Waals surface area contributed by atoms with Gasteiger partial charge in [-0.15, -0.1) is 0 Å². The van der Waals surface area contributed by atoms with E-state index in [4.69, 9.17) is 25.8 Å². The van der Waals surface area contributed by atoms with Crippen LogP contribution in [0.4, 0.5) is 5.69 Å². The van der Waals surface area contributed by atoms with E-state index in [2.05, 4.69) is 25.2 Å². The third-order valence-electron chi connectivity index (χ3n) is 6.36. The molecule has 0 aliphatic carbocycles. The minimum absolute atomic E-state index is 0.219. The van der Waals surface area contributed by atoms with E-state index in [0.717, 1.165) is 27.9 Å². The zero-order valence-electron chi connectivity index (χ0n) is 20.1. The molecule has 4 rings (SSSR count). The molecule has 0 amide bonds. The number of benzene rings is 3. The Morgan fingerprint density at radius 1 is 1.06 bits per heavy atom. The van der Waals surface area contributed by atoms with Gasteiger partial charge in [-0.2, -0.15) is 0 Å². The Kier molecular flexibility index (Phi) is 6.76. The molecule has 0 radical (unpaired) electrons. The van der Waals surface area contributed by atoms with Gasteiger partial charge in [0.2, 0.25) is 0 Å². The second-order valence-corrected chi connectivity index (χ2v) is 9.64.